The smallest absolute Gasteiger partial charge is 0.0616 e. The van der Waals surface area contributed by atoms with Crippen LogP contribution in [0.3, 0.4) is 0 Å². The van der Waals surface area contributed by atoms with Crippen LogP contribution >= 0.6 is 0 Å². The van der Waals surface area contributed by atoms with Crippen molar-refractivity contribution < 1.29 is 0 Å². The molecule has 0 aliphatic heterocycles. The number of hydrogen-bond donors (Lipinski definition) is 0. The lowest BCUT2D eigenvalue weighted by molar-refractivity contribution is 0.135. The summed E-state index contributed by atoms with van der Waals surface area (Å²) in [5, 5.41) is 6.79. The van der Waals surface area contributed by atoms with Gasteiger partial charge in [0.05, 0.1) is 12.8 Å². The number of nitrogens with zero attached hydrogens (tertiary/aromatic N) is 2. The maximum Gasteiger partial charge on any atom is 0.0616 e. The van der Waals surface area contributed by atoms with Crippen molar-refractivity contribution in [2.75, 3.05) is 0 Å². The highest BCUT2D eigenvalue weighted by molar-refractivity contribution is 5.79. The SMILES string of the molecule is CC(C)(C)N(Cc1ccccc1)/N=C/c1ccccc1. The molecular weight excluding hydrogens is 244 g/mol. The second-order valence-corrected chi connectivity index (χ2v) is 5.87. The minimum atomic E-state index is -0.0128. The Morgan fingerprint density at radius 1 is 0.900 bits per heavy atom. The average molecular weight is 266 g/mol. The quantitative estimate of drug-likeness (QED) is 0.594. The molecule has 0 fully saturated rings. The highest BCUT2D eigenvalue weighted by Crippen LogP contribution is 2.17. The fraction of sp³-hybridized carbons (Fsp3) is 0.278. The monoisotopic (exact) mass is 266 g/mol. The number of benzene rings is 2. The van der Waals surface area contributed by atoms with E-state index in [0.717, 1.165) is 12.1 Å². The van der Waals surface area contributed by atoms with E-state index in [2.05, 4.69) is 67.3 Å². The van der Waals surface area contributed by atoms with E-state index in [4.69, 9.17) is 0 Å². The van der Waals surface area contributed by atoms with Gasteiger partial charge in [-0.2, -0.15) is 5.10 Å². The molecule has 0 atom stereocenters. The lowest BCUT2D eigenvalue weighted by atomic mass is 10.1. The van der Waals surface area contributed by atoms with Gasteiger partial charge in [-0.3, -0.25) is 5.01 Å². The summed E-state index contributed by atoms with van der Waals surface area (Å²) in [7, 11) is 0. The van der Waals surface area contributed by atoms with Gasteiger partial charge >= 0.3 is 0 Å². The lowest BCUT2D eigenvalue weighted by Crippen LogP contribution is -2.36. The van der Waals surface area contributed by atoms with E-state index in [1.54, 1.807) is 0 Å². The Bertz CT molecular complexity index is 539. The van der Waals surface area contributed by atoms with Crippen molar-refractivity contribution in [3.8, 4) is 0 Å². The van der Waals surface area contributed by atoms with Gasteiger partial charge in [0.1, 0.15) is 0 Å². The minimum Gasteiger partial charge on any atom is -0.287 e. The van der Waals surface area contributed by atoms with E-state index in [0.29, 0.717) is 0 Å². The molecule has 0 saturated carbocycles. The van der Waals surface area contributed by atoms with Gasteiger partial charge in [-0.1, -0.05) is 60.7 Å². The lowest BCUT2D eigenvalue weighted by Gasteiger charge is -2.33. The predicted octanol–water partition coefficient (Wildman–Crippen LogP) is 4.32. The van der Waals surface area contributed by atoms with Gasteiger partial charge in [-0.05, 0) is 31.9 Å². The Hall–Kier alpha value is -2.09. The van der Waals surface area contributed by atoms with Crippen molar-refractivity contribution in [2.24, 2.45) is 5.10 Å². The van der Waals surface area contributed by atoms with Crippen molar-refractivity contribution in [1.82, 2.24) is 5.01 Å². The summed E-state index contributed by atoms with van der Waals surface area (Å²) in [4.78, 5) is 0. The topological polar surface area (TPSA) is 15.6 Å². The molecule has 0 saturated heterocycles. The molecule has 0 N–H and O–H groups in total. The molecule has 0 heterocycles. The van der Waals surface area contributed by atoms with Crippen LogP contribution in [-0.4, -0.2) is 16.8 Å². The van der Waals surface area contributed by atoms with Gasteiger partial charge in [-0.15, -0.1) is 0 Å². The maximum atomic E-state index is 4.67. The Labute approximate surface area is 121 Å². The van der Waals surface area contributed by atoms with E-state index < -0.39 is 0 Å². The molecule has 0 bridgehead atoms. The number of rotatable bonds is 4. The molecule has 2 nitrogen and oxygen atoms in total. The Morgan fingerprint density at radius 3 is 2.00 bits per heavy atom. The molecule has 2 heteroatoms. The van der Waals surface area contributed by atoms with Crippen molar-refractivity contribution in [2.45, 2.75) is 32.9 Å². The second-order valence-electron chi connectivity index (χ2n) is 5.87. The molecular formula is C18H22N2. The number of hydrogen-bond acceptors (Lipinski definition) is 2. The van der Waals surface area contributed by atoms with Crippen LogP contribution in [0.25, 0.3) is 0 Å². The summed E-state index contributed by atoms with van der Waals surface area (Å²) < 4.78 is 0. The van der Waals surface area contributed by atoms with Gasteiger partial charge < -0.3 is 0 Å². The zero-order valence-electron chi connectivity index (χ0n) is 12.5. The third-order valence-corrected chi connectivity index (χ3v) is 3.10. The van der Waals surface area contributed by atoms with Crippen LogP contribution in [0.1, 0.15) is 31.9 Å². The van der Waals surface area contributed by atoms with E-state index in [9.17, 15) is 0 Å². The van der Waals surface area contributed by atoms with Crippen LogP contribution in [0.5, 0.6) is 0 Å². The van der Waals surface area contributed by atoms with Crippen molar-refractivity contribution in [3.05, 3.63) is 71.8 Å². The molecule has 0 spiro atoms. The minimum absolute atomic E-state index is 0.0128. The summed E-state index contributed by atoms with van der Waals surface area (Å²) in [6.07, 6.45) is 1.92. The van der Waals surface area contributed by atoms with Crippen LogP contribution in [0.4, 0.5) is 0 Å². The third kappa shape index (κ3) is 4.23. The third-order valence-electron chi connectivity index (χ3n) is 3.10. The summed E-state index contributed by atoms with van der Waals surface area (Å²) in [5.74, 6) is 0. The van der Waals surface area contributed by atoms with Crippen LogP contribution in [0, 0.1) is 0 Å². The summed E-state index contributed by atoms with van der Waals surface area (Å²) in [6.45, 7) is 7.35. The van der Waals surface area contributed by atoms with E-state index in [1.165, 1.54) is 5.56 Å². The normalized spacial score (nSPS) is 11.8. The molecule has 2 aromatic rings. The van der Waals surface area contributed by atoms with Crippen molar-refractivity contribution >= 4 is 6.21 Å². The summed E-state index contributed by atoms with van der Waals surface area (Å²) in [5.41, 5.74) is 2.38. The van der Waals surface area contributed by atoms with E-state index in [-0.39, 0.29) is 5.54 Å². The molecule has 104 valence electrons. The molecule has 0 aliphatic carbocycles. The average Bonchev–Trinajstić information content (AvgIpc) is 2.44. The van der Waals surface area contributed by atoms with Gasteiger partial charge in [0.2, 0.25) is 0 Å². The van der Waals surface area contributed by atoms with Crippen molar-refractivity contribution in [1.29, 1.82) is 0 Å². The first-order chi connectivity index (χ1) is 9.55. The largest absolute Gasteiger partial charge is 0.287 e. The second kappa shape index (κ2) is 6.38. The van der Waals surface area contributed by atoms with Crippen LogP contribution in [-0.2, 0) is 6.54 Å². The molecule has 0 aromatic heterocycles. The summed E-state index contributed by atoms with van der Waals surface area (Å²) >= 11 is 0. The zero-order valence-corrected chi connectivity index (χ0v) is 12.5. The molecule has 0 unspecified atom stereocenters. The zero-order chi connectivity index (χ0) is 14.4. The Morgan fingerprint density at radius 2 is 1.45 bits per heavy atom. The van der Waals surface area contributed by atoms with Crippen molar-refractivity contribution in [3.63, 3.8) is 0 Å². The fourth-order valence-corrected chi connectivity index (χ4v) is 1.88. The first-order valence-electron chi connectivity index (χ1n) is 6.96. The van der Waals surface area contributed by atoms with Gasteiger partial charge in [0.25, 0.3) is 0 Å². The highest BCUT2D eigenvalue weighted by atomic mass is 15.5. The first-order valence-corrected chi connectivity index (χ1v) is 6.96. The van der Waals surface area contributed by atoms with Crippen LogP contribution in [0.2, 0.25) is 0 Å². The molecule has 2 rings (SSSR count). The maximum absolute atomic E-state index is 4.67. The van der Waals surface area contributed by atoms with Crippen LogP contribution in [0.15, 0.2) is 65.8 Å². The Balaban J connectivity index is 2.15. The summed E-state index contributed by atoms with van der Waals surface area (Å²) in [6, 6.07) is 20.6. The number of hydrazone groups is 1. The molecule has 0 radical (unpaired) electrons. The van der Waals surface area contributed by atoms with E-state index >= 15 is 0 Å². The fourth-order valence-electron chi connectivity index (χ4n) is 1.88. The first kappa shape index (κ1) is 14.3. The standard InChI is InChI=1S/C18H22N2/c1-18(2,3)20(15-17-12-8-5-9-13-17)19-14-16-10-6-4-7-11-16/h4-14H,15H2,1-3H3/b19-14+. The molecule has 2 aromatic carbocycles. The van der Waals surface area contributed by atoms with Gasteiger partial charge in [-0.25, -0.2) is 0 Å². The molecule has 20 heavy (non-hydrogen) atoms. The predicted molar refractivity (Wildman–Crippen MR) is 85.8 cm³/mol. The molecule has 0 amide bonds. The highest BCUT2D eigenvalue weighted by Gasteiger charge is 2.19. The Kier molecular flexibility index (Phi) is 4.57. The van der Waals surface area contributed by atoms with Gasteiger partial charge in [0.15, 0.2) is 0 Å². The van der Waals surface area contributed by atoms with E-state index in [1.807, 2.05) is 30.5 Å². The molecule has 0 aliphatic rings. The van der Waals surface area contributed by atoms with Crippen LogP contribution < -0.4 is 0 Å². The van der Waals surface area contributed by atoms with Gasteiger partial charge in [0, 0.05) is 5.54 Å².